The summed E-state index contributed by atoms with van der Waals surface area (Å²) < 4.78 is 68.7. The summed E-state index contributed by atoms with van der Waals surface area (Å²) in [6.07, 6.45) is 7.45. The second kappa shape index (κ2) is 4.81. The number of nitrogens with zero attached hydrogens (tertiary/aromatic N) is 1. The normalized spacial score (nSPS) is 36.4. The van der Waals surface area contributed by atoms with E-state index >= 15 is 0 Å². The highest BCUT2D eigenvalue weighted by atomic mass is 19.2. The molecule has 0 aromatic heterocycles. The van der Waals surface area contributed by atoms with Crippen molar-refractivity contribution < 1.29 is 31.5 Å². The Bertz CT molecular complexity index is 886. The summed E-state index contributed by atoms with van der Waals surface area (Å²) in [6, 6.07) is 0. The molecule has 1 aromatic rings. The van der Waals surface area contributed by atoms with Crippen molar-refractivity contribution in [3.05, 3.63) is 53.4 Å². The van der Waals surface area contributed by atoms with Gasteiger partial charge in [-0.2, -0.15) is 0 Å². The molecule has 4 unspecified atom stereocenters. The highest BCUT2D eigenvalue weighted by molar-refractivity contribution is 6.22. The molecule has 0 N–H and O–H groups in total. The fourth-order valence-electron chi connectivity index (χ4n) is 4.90. The average Bonchev–Trinajstić information content (AvgIpc) is 2.85. The van der Waals surface area contributed by atoms with Gasteiger partial charge >= 0.3 is 0 Å². The van der Waals surface area contributed by atoms with Gasteiger partial charge < -0.3 is 0 Å². The van der Waals surface area contributed by atoms with Crippen molar-refractivity contribution in [1.29, 1.82) is 0 Å². The van der Waals surface area contributed by atoms with E-state index in [4.69, 9.17) is 0 Å². The molecule has 1 heterocycles. The third-order valence-corrected chi connectivity index (χ3v) is 6.08. The highest BCUT2D eigenvalue weighted by Crippen LogP contribution is 2.59. The van der Waals surface area contributed by atoms with Crippen LogP contribution in [0.4, 0.5) is 27.6 Å². The van der Waals surface area contributed by atoms with Crippen LogP contribution in [0.3, 0.4) is 0 Å². The van der Waals surface area contributed by atoms with Crippen LogP contribution in [0, 0.1) is 64.6 Å². The van der Waals surface area contributed by atoms with Gasteiger partial charge in [-0.15, -0.1) is 0 Å². The van der Waals surface area contributed by atoms with E-state index in [1.807, 2.05) is 24.3 Å². The van der Waals surface area contributed by atoms with Crippen LogP contribution in [0.2, 0.25) is 0 Å². The van der Waals surface area contributed by atoms with Gasteiger partial charge in [-0.3, -0.25) is 9.59 Å². The molecular formula is C18H10F5NO2. The van der Waals surface area contributed by atoms with Crippen molar-refractivity contribution in [2.75, 3.05) is 4.90 Å². The second-order valence-electron chi connectivity index (χ2n) is 7.06. The van der Waals surface area contributed by atoms with E-state index in [2.05, 4.69) is 0 Å². The molecule has 134 valence electrons. The molecule has 1 aliphatic heterocycles. The molecule has 2 bridgehead atoms. The van der Waals surface area contributed by atoms with Gasteiger partial charge in [0, 0.05) is 0 Å². The van der Waals surface area contributed by atoms with Crippen LogP contribution >= 0.6 is 0 Å². The predicted octanol–water partition coefficient (Wildman–Crippen LogP) is 3.11. The number of amides is 2. The molecule has 1 saturated carbocycles. The first kappa shape index (κ1) is 15.7. The molecule has 1 aromatic carbocycles. The lowest BCUT2D eigenvalue weighted by molar-refractivity contribution is -0.127. The van der Waals surface area contributed by atoms with Crippen molar-refractivity contribution in [2.24, 2.45) is 35.5 Å². The largest absolute Gasteiger partial charge is 0.274 e. The summed E-state index contributed by atoms with van der Waals surface area (Å²) in [5.41, 5.74) is -1.48. The van der Waals surface area contributed by atoms with Crippen molar-refractivity contribution >= 4 is 17.5 Å². The van der Waals surface area contributed by atoms with E-state index in [9.17, 15) is 31.5 Å². The number of rotatable bonds is 1. The second-order valence-corrected chi connectivity index (χ2v) is 7.06. The lowest BCUT2D eigenvalue weighted by Crippen LogP contribution is -2.50. The van der Waals surface area contributed by atoms with Crippen molar-refractivity contribution in [3.8, 4) is 0 Å². The van der Waals surface area contributed by atoms with Gasteiger partial charge in [0.1, 0.15) is 5.69 Å². The number of allylic oxidation sites excluding steroid dienone is 4. The van der Waals surface area contributed by atoms with E-state index in [0.717, 1.165) is 0 Å². The number of hydrogen-bond donors (Lipinski definition) is 0. The van der Waals surface area contributed by atoms with Crippen LogP contribution in [-0.2, 0) is 9.59 Å². The Morgan fingerprint density at radius 1 is 0.577 bits per heavy atom. The van der Waals surface area contributed by atoms with E-state index < -0.39 is 58.4 Å². The molecule has 6 atom stereocenters. The lowest BCUT2D eigenvalue weighted by Gasteiger charge is -2.51. The molecule has 26 heavy (non-hydrogen) atoms. The fraction of sp³-hybridized carbons (Fsp3) is 0.333. The standard InChI is InChI=1S/C18H10F5NO2/c19-11-12(20)14(22)16(15(23)13(11)21)24-17(25)9-7-3-4-8(10(9)18(24)26)6-2-1-5(6)7/h1-10H/t5?,6?,7?,8?,9-,10+. The molecular weight excluding hydrogens is 357 g/mol. The molecule has 2 fully saturated rings. The molecule has 5 aliphatic rings. The molecule has 4 aliphatic carbocycles. The summed E-state index contributed by atoms with van der Waals surface area (Å²) in [7, 11) is 0. The fourth-order valence-corrected chi connectivity index (χ4v) is 4.90. The SMILES string of the molecule is O=C1[C@@H]2C3C=CC(C4C=CC43)[C@@H]2C(=O)N1c1c(F)c(F)c(F)c(F)c1F. The van der Waals surface area contributed by atoms with Crippen LogP contribution in [0.15, 0.2) is 24.3 Å². The number of hydrogen-bond acceptors (Lipinski definition) is 2. The van der Waals surface area contributed by atoms with Crippen molar-refractivity contribution in [3.63, 3.8) is 0 Å². The van der Waals surface area contributed by atoms with Crippen LogP contribution in [-0.4, -0.2) is 11.8 Å². The van der Waals surface area contributed by atoms with E-state index in [1.165, 1.54) is 0 Å². The quantitative estimate of drug-likeness (QED) is 0.252. The first-order valence-electron chi connectivity index (χ1n) is 8.10. The minimum absolute atomic E-state index is 0.0549. The third-order valence-electron chi connectivity index (χ3n) is 6.08. The molecule has 6 rings (SSSR count). The maximum Gasteiger partial charge on any atom is 0.238 e. The summed E-state index contributed by atoms with van der Waals surface area (Å²) in [4.78, 5) is 25.8. The first-order valence-corrected chi connectivity index (χ1v) is 8.10. The van der Waals surface area contributed by atoms with Gasteiger partial charge in [0.15, 0.2) is 23.3 Å². The third kappa shape index (κ3) is 1.58. The van der Waals surface area contributed by atoms with Crippen LogP contribution in [0.25, 0.3) is 0 Å². The van der Waals surface area contributed by atoms with Crippen molar-refractivity contribution in [2.45, 2.75) is 0 Å². The van der Waals surface area contributed by atoms with Crippen LogP contribution < -0.4 is 4.90 Å². The Balaban J connectivity index is 1.66. The maximum atomic E-state index is 14.2. The zero-order valence-electron chi connectivity index (χ0n) is 12.9. The number of benzene rings is 1. The van der Waals surface area contributed by atoms with Crippen molar-refractivity contribution in [1.82, 2.24) is 0 Å². The predicted molar refractivity (Wildman–Crippen MR) is 77.9 cm³/mol. The van der Waals surface area contributed by atoms with E-state index in [1.54, 1.807) is 0 Å². The van der Waals surface area contributed by atoms with Gasteiger partial charge in [0.25, 0.3) is 0 Å². The lowest BCUT2D eigenvalue weighted by atomic mass is 9.50. The summed E-state index contributed by atoms with van der Waals surface area (Å²) in [5, 5.41) is 0. The summed E-state index contributed by atoms with van der Waals surface area (Å²) in [6.45, 7) is 0. The Morgan fingerprint density at radius 3 is 1.31 bits per heavy atom. The zero-order valence-corrected chi connectivity index (χ0v) is 12.9. The smallest absolute Gasteiger partial charge is 0.238 e. The molecule has 0 spiro atoms. The highest BCUT2D eigenvalue weighted by Gasteiger charge is 2.63. The number of carbonyl (C=O) groups is 2. The van der Waals surface area contributed by atoms with Gasteiger partial charge in [-0.05, 0) is 23.7 Å². The maximum absolute atomic E-state index is 14.2. The van der Waals surface area contributed by atoms with Crippen LogP contribution in [0.1, 0.15) is 0 Å². The van der Waals surface area contributed by atoms with Gasteiger partial charge in [-0.25, -0.2) is 26.9 Å². The zero-order chi connectivity index (χ0) is 18.5. The number of anilines is 1. The monoisotopic (exact) mass is 367 g/mol. The van der Waals surface area contributed by atoms with E-state index in [0.29, 0.717) is 0 Å². The summed E-state index contributed by atoms with van der Waals surface area (Å²) in [5.74, 6) is -15.1. The van der Waals surface area contributed by atoms with E-state index in [-0.39, 0.29) is 28.6 Å². The Hall–Kier alpha value is -2.51. The first-order chi connectivity index (χ1) is 12.3. The van der Waals surface area contributed by atoms with Gasteiger partial charge in [-0.1, -0.05) is 24.3 Å². The number of imide groups is 1. The molecule has 2 amide bonds. The minimum atomic E-state index is -2.33. The number of halogens is 5. The Labute approximate surface area is 143 Å². The van der Waals surface area contributed by atoms with Gasteiger partial charge in [0.05, 0.1) is 11.8 Å². The number of carbonyl (C=O) groups excluding carboxylic acids is 2. The Morgan fingerprint density at radius 2 is 0.923 bits per heavy atom. The molecule has 8 heteroatoms. The average molecular weight is 367 g/mol. The molecule has 3 nitrogen and oxygen atoms in total. The van der Waals surface area contributed by atoms with Crippen LogP contribution in [0.5, 0.6) is 0 Å². The molecule has 1 saturated heterocycles. The van der Waals surface area contributed by atoms with Gasteiger partial charge in [0.2, 0.25) is 17.6 Å². The Kier molecular flexibility index (Phi) is 2.91. The summed E-state index contributed by atoms with van der Waals surface area (Å²) >= 11 is 0. The molecule has 0 radical (unpaired) electrons. The topological polar surface area (TPSA) is 37.4 Å². The minimum Gasteiger partial charge on any atom is -0.274 e.